The molecule has 2 aromatic heterocycles. The fraction of sp³-hybridized carbons (Fsp3) is 0.458. The first-order valence-corrected chi connectivity index (χ1v) is 12.0. The van der Waals surface area contributed by atoms with Crippen LogP contribution in [0.15, 0.2) is 18.3 Å². The molecule has 1 amide bonds. The molecule has 1 saturated heterocycles. The van der Waals surface area contributed by atoms with Crippen LogP contribution in [0.3, 0.4) is 0 Å². The second-order valence-electron chi connectivity index (χ2n) is 9.17. The summed E-state index contributed by atoms with van der Waals surface area (Å²) in [5.41, 5.74) is 6.00. The highest BCUT2D eigenvalue weighted by Crippen LogP contribution is 2.37. The summed E-state index contributed by atoms with van der Waals surface area (Å²) in [5, 5.41) is 15.2. The third-order valence-corrected chi connectivity index (χ3v) is 6.90. The van der Waals surface area contributed by atoms with Crippen LogP contribution in [0.1, 0.15) is 50.1 Å². The number of carbonyl (C=O) groups is 1. The van der Waals surface area contributed by atoms with Gasteiger partial charge in [0.1, 0.15) is 11.6 Å². The van der Waals surface area contributed by atoms with Crippen LogP contribution in [0.5, 0.6) is 0 Å². The topological polar surface area (TPSA) is 144 Å². The average molecular weight is 497 g/mol. The molecule has 2 aliphatic rings. The van der Waals surface area contributed by atoms with Crippen molar-refractivity contribution >= 4 is 34.7 Å². The number of carbonyl (C=O) groups excluding carboxylic acids is 1. The lowest BCUT2D eigenvalue weighted by Crippen LogP contribution is -2.29. The molecule has 3 heterocycles. The molecule has 3 aromatic rings. The van der Waals surface area contributed by atoms with Crippen molar-refractivity contribution < 1.29 is 18.3 Å². The molecule has 188 valence electrons. The van der Waals surface area contributed by atoms with Gasteiger partial charge in [-0.05, 0) is 50.7 Å². The van der Waals surface area contributed by atoms with Crippen LogP contribution in [0.2, 0.25) is 0 Å². The third-order valence-electron chi connectivity index (χ3n) is 6.90. The summed E-state index contributed by atoms with van der Waals surface area (Å²) >= 11 is 0. The Bertz CT molecular complexity index is 1320. The first-order chi connectivity index (χ1) is 17.4. The smallest absolute Gasteiger partial charge is 0.224 e. The minimum absolute atomic E-state index is 0.0924. The van der Waals surface area contributed by atoms with Gasteiger partial charge in [-0.3, -0.25) is 9.36 Å². The number of hydrogen-bond acceptors (Lipinski definition) is 8. The predicted molar refractivity (Wildman–Crippen MR) is 127 cm³/mol. The first-order valence-electron chi connectivity index (χ1n) is 12.0. The number of hydrogen-bond donors (Lipinski definition) is 3. The molecular weight excluding hydrogens is 470 g/mol. The molecular formula is C24H26F2N8O2. The standard InChI is InChI=1S/C24H26F2N8O2/c25-19-14(11-27)3-6-17(20(19)26)31-24-32-18-12-29-23(30-15-7-9-36-10-8-15)33-22(18)34(24)16-4-1-13(2-5-16)21(28)35/h3,6,12-13,15-16H,1-2,4-5,7-10H2,(H2,28,35)(H,31,32)(H,29,30,33). The number of anilines is 3. The van der Waals surface area contributed by atoms with E-state index in [1.54, 1.807) is 12.3 Å². The summed E-state index contributed by atoms with van der Waals surface area (Å²) in [7, 11) is 0. The van der Waals surface area contributed by atoms with E-state index >= 15 is 0 Å². The van der Waals surface area contributed by atoms with Crippen molar-refractivity contribution in [3.63, 3.8) is 0 Å². The molecule has 0 atom stereocenters. The molecule has 36 heavy (non-hydrogen) atoms. The van der Waals surface area contributed by atoms with Gasteiger partial charge in [-0.15, -0.1) is 0 Å². The van der Waals surface area contributed by atoms with E-state index in [1.807, 2.05) is 4.57 Å². The summed E-state index contributed by atoms with van der Waals surface area (Å²) in [6.07, 6.45) is 5.78. The minimum Gasteiger partial charge on any atom is -0.381 e. The highest BCUT2D eigenvalue weighted by molar-refractivity contribution is 5.78. The molecule has 0 radical (unpaired) electrons. The summed E-state index contributed by atoms with van der Waals surface area (Å²) in [4.78, 5) is 25.4. The van der Waals surface area contributed by atoms with Crippen molar-refractivity contribution in [2.45, 2.75) is 50.6 Å². The number of rotatable bonds is 6. The van der Waals surface area contributed by atoms with Crippen molar-refractivity contribution in [1.29, 1.82) is 5.26 Å². The van der Waals surface area contributed by atoms with Gasteiger partial charge in [0.2, 0.25) is 17.8 Å². The lowest BCUT2D eigenvalue weighted by molar-refractivity contribution is -0.122. The monoisotopic (exact) mass is 496 g/mol. The largest absolute Gasteiger partial charge is 0.381 e. The van der Waals surface area contributed by atoms with E-state index in [0.29, 0.717) is 56.0 Å². The predicted octanol–water partition coefficient (Wildman–Crippen LogP) is 3.53. The maximum Gasteiger partial charge on any atom is 0.224 e. The zero-order valence-electron chi connectivity index (χ0n) is 19.5. The number of nitrogens with one attached hydrogen (secondary N) is 2. The lowest BCUT2D eigenvalue weighted by atomic mass is 9.85. The maximum atomic E-state index is 14.7. The summed E-state index contributed by atoms with van der Waals surface area (Å²) < 4.78 is 36.2. The lowest BCUT2D eigenvalue weighted by Gasteiger charge is -2.29. The summed E-state index contributed by atoms with van der Waals surface area (Å²) in [5.74, 6) is -2.19. The normalized spacial score (nSPS) is 20.7. The Hall–Kier alpha value is -3.85. The van der Waals surface area contributed by atoms with E-state index in [2.05, 4.69) is 20.6 Å². The van der Waals surface area contributed by atoms with Gasteiger partial charge in [0.15, 0.2) is 17.3 Å². The Morgan fingerprint density at radius 3 is 2.56 bits per heavy atom. The Balaban J connectivity index is 1.52. The summed E-state index contributed by atoms with van der Waals surface area (Å²) in [6.45, 7) is 1.34. The number of halogens is 2. The SMILES string of the molecule is N#Cc1ccc(Nc2nc3cnc(NC4CCOCC4)nc3n2C2CCC(C(N)=O)CC2)c(F)c1F. The van der Waals surface area contributed by atoms with Crippen LogP contribution in [-0.2, 0) is 9.53 Å². The number of imidazole rings is 1. The second-order valence-corrected chi connectivity index (χ2v) is 9.17. The van der Waals surface area contributed by atoms with Crippen molar-refractivity contribution in [2.75, 3.05) is 23.8 Å². The van der Waals surface area contributed by atoms with Crippen molar-refractivity contribution in [2.24, 2.45) is 11.7 Å². The van der Waals surface area contributed by atoms with Gasteiger partial charge in [0, 0.05) is 31.2 Å². The quantitative estimate of drug-likeness (QED) is 0.470. The molecule has 0 spiro atoms. The fourth-order valence-electron chi connectivity index (χ4n) is 4.89. The Kier molecular flexibility index (Phi) is 6.65. The van der Waals surface area contributed by atoms with Crippen molar-refractivity contribution in [3.8, 4) is 6.07 Å². The highest BCUT2D eigenvalue weighted by atomic mass is 19.2. The number of ether oxygens (including phenoxy) is 1. The number of amides is 1. The Labute approximate surface area is 205 Å². The molecule has 12 heteroatoms. The maximum absolute atomic E-state index is 14.7. The van der Waals surface area contributed by atoms with E-state index in [1.165, 1.54) is 12.1 Å². The molecule has 5 rings (SSSR count). The van der Waals surface area contributed by atoms with E-state index in [0.717, 1.165) is 12.8 Å². The van der Waals surface area contributed by atoms with Crippen molar-refractivity contribution in [3.05, 3.63) is 35.5 Å². The van der Waals surface area contributed by atoms with E-state index in [4.69, 9.17) is 20.7 Å². The van der Waals surface area contributed by atoms with Crippen LogP contribution in [0, 0.1) is 28.9 Å². The van der Waals surface area contributed by atoms with E-state index < -0.39 is 11.6 Å². The number of nitriles is 1. The minimum atomic E-state index is -1.23. The molecule has 1 aliphatic heterocycles. The number of primary amides is 1. The van der Waals surface area contributed by atoms with Gasteiger partial charge in [0.05, 0.1) is 17.4 Å². The Morgan fingerprint density at radius 2 is 1.86 bits per heavy atom. The first kappa shape index (κ1) is 23.9. The number of nitrogens with zero attached hydrogens (tertiary/aromatic N) is 5. The van der Waals surface area contributed by atoms with E-state index in [-0.39, 0.29) is 41.1 Å². The molecule has 0 bridgehead atoms. The van der Waals surface area contributed by atoms with Gasteiger partial charge < -0.3 is 21.1 Å². The molecule has 10 nitrogen and oxygen atoms in total. The third kappa shape index (κ3) is 4.66. The number of benzene rings is 1. The number of fused-ring (bicyclic) bond motifs is 1. The van der Waals surface area contributed by atoms with E-state index in [9.17, 15) is 13.6 Å². The van der Waals surface area contributed by atoms with Crippen LogP contribution in [-0.4, -0.2) is 44.7 Å². The molecule has 2 fully saturated rings. The average Bonchev–Trinajstić information content (AvgIpc) is 3.24. The molecule has 1 aliphatic carbocycles. The molecule has 0 unspecified atom stereocenters. The van der Waals surface area contributed by atoms with Gasteiger partial charge in [-0.2, -0.15) is 10.2 Å². The molecule has 4 N–H and O–H groups in total. The highest BCUT2D eigenvalue weighted by Gasteiger charge is 2.29. The van der Waals surface area contributed by atoms with Crippen LogP contribution in [0.4, 0.5) is 26.4 Å². The molecule has 1 aromatic carbocycles. The van der Waals surface area contributed by atoms with Gasteiger partial charge in [-0.1, -0.05) is 0 Å². The molecule has 1 saturated carbocycles. The van der Waals surface area contributed by atoms with Crippen LogP contribution in [0.25, 0.3) is 11.2 Å². The van der Waals surface area contributed by atoms with Gasteiger partial charge >= 0.3 is 0 Å². The number of nitrogens with two attached hydrogens (primary N) is 1. The van der Waals surface area contributed by atoms with Gasteiger partial charge in [-0.25, -0.2) is 18.7 Å². The fourth-order valence-corrected chi connectivity index (χ4v) is 4.89. The van der Waals surface area contributed by atoms with Gasteiger partial charge in [0.25, 0.3) is 0 Å². The second kappa shape index (κ2) is 10.0. The van der Waals surface area contributed by atoms with Crippen LogP contribution < -0.4 is 16.4 Å². The summed E-state index contributed by atoms with van der Waals surface area (Å²) in [6, 6.07) is 4.23. The number of aromatic nitrogens is 4. The van der Waals surface area contributed by atoms with Crippen molar-refractivity contribution in [1.82, 2.24) is 19.5 Å². The zero-order valence-corrected chi connectivity index (χ0v) is 19.5. The zero-order chi connectivity index (χ0) is 25.2. The van der Waals surface area contributed by atoms with Crippen LogP contribution >= 0.6 is 0 Å². The Morgan fingerprint density at radius 1 is 1.11 bits per heavy atom.